The van der Waals surface area contributed by atoms with Gasteiger partial charge in [-0.2, -0.15) is 0 Å². The second-order valence-corrected chi connectivity index (χ2v) is 4.52. The normalized spacial score (nSPS) is 11.9. The molecule has 1 amide bonds. The van der Waals surface area contributed by atoms with E-state index in [9.17, 15) is 9.59 Å². The van der Waals surface area contributed by atoms with Crippen LogP contribution >= 0.6 is 0 Å². The molecular formula is C14H15N3O4. The Hall–Kier alpha value is -2.67. The predicted octanol–water partition coefficient (Wildman–Crippen LogP) is 1.39. The lowest BCUT2D eigenvalue weighted by atomic mass is 10.1. The molecule has 1 heterocycles. The molecule has 7 heteroatoms. The number of benzene rings is 1. The monoisotopic (exact) mass is 289 g/mol. The third kappa shape index (κ3) is 3.90. The summed E-state index contributed by atoms with van der Waals surface area (Å²) in [6, 6.07) is 5.83. The number of nitrogens with one attached hydrogen (secondary N) is 1. The van der Waals surface area contributed by atoms with Gasteiger partial charge in [0, 0.05) is 18.2 Å². The maximum Gasteiger partial charge on any atom is 0.305 e. The van der Waals surface area contributed by atoms with E-state index in [0.717, 1.165) is 5.56 Å². The van der Waals surface area contributed by atoms with E-state index in [2.05, 4.69) is 10.3 Å². The van der Waals surface area contributed by atoms with Gasteiger partial charge in [-0.3, -0.25) is 9.59 Å². The number of carbonyl (C=O) groups is 2. The average molecular weight is 289 g/mol. The Morgan fingerprint density at radius 2 is 2.05 bits per heavy atom. The van der Waals surface area contributed by atoms with Crippen LogP contribution < -0.4 is 11.1 Å². The first kappa shape index (κ1) is 14.7. The molecule has 0 saturated heterocycles. The summed E-state index contributed by atoms with van der Waals surface area (Å²) in [5.74, 6) is -1.08. The molecule has 0 radical (unpaired) electrons. The van der Waals surface area contributed by atoms with Crippen LogP contribution in [0.5, 0.6) is 0 Å². The van der Waals surface area contributed by atoms with E-state index in [4.69, 9.17) is 15.3 Å². The molecule has 2 aromatic rings. The van der Waals surface area contributed by atoms with Gasteiger partial charge in [-0.1, -0.05) is 12.1 Å². The summed E-state index contributed by atoms with van der Waals surface area (Å²) in [5, 5.41) is 11.1. The van der Waals surface area contributed by atoms with Gasteiger partial charge < -0.3 is 20.6 Å². The summed E-state index contributed by atoms with van der Waals surface area (Å²) in [5.41, 5.74) is 7.56. The minimum Gasteiger partial charge on any atom is -0.481 e. The number of nitrogens with two attached hydrogens (primary N) is 1. The fraction of sp³-hybridized carbons (Fsp3) is 0.214. The van der Waals surface area contributed by atoms with Crippen molar-refractivity contribution in [3.63, 3.8) is 0 Å². The number of rotatable bonds is 5. The summed E-state index contributed by atoms with van der Waals surface area (Å²) < 4.78 is 5.13. The Bertz CT molecular complexity index is 648. The maximum absolute atomic E-state index is 11.7. The van der Waals surface area contributed by atoms with Crippen molar-refractivity contribution in [1.82, 2.24) is 4.98 Å². The number of nitrogens with zero attached hydrogens (tertiary/aromatic N) is 1. The summed E-state index contributed by atoms with van der Waals surface area (Å²) in [6.07, 6.45) is 1.13. The fourth-order valence-corrected chi connectivity index (χ4v) is 1.74. The van der Waals surface area contributed by atoms with Gasteiger partial charge in [0.1, 0.15) is 12.0 Å². The molecule has 7 nitrogen and oxygen atoms in total. The van der Waals surface area contributed by atoms with E-state index >= 15 is 0 Å². The van der Waals surface area contributed by atoms with Crippen LogP contribution in [0.15, 0.2) is 34.9 Å². The molecule has 0 saturated carbocycles. The SMILES string of the molecule is Cc1nc(-c2ccc(NC(=O)C(N)CC(=O)O)cc2)co1. The highest BCUT2D eigenvalue weighted by molar-refractivity contribution is 5.96. The average Bonchev–Trinajstić information content (AvgIpc) is 2.85. The van der Waals surface area contributed by atoms with Gasteiger partial charge in [-0.25, -0.2) is 4.98 Å². The highest BCUT2D eigenvalue weighted by Gasteiger charge is 2.17. The number of carboxylic acid groups (broad SMARTS) is 1. The molecule has 1 unspecified atom stereocenters. The quantitative estimate of drug-likeness (QED) is 0.765. The summed E-state index contributed by atoms with van der Waals surface area (Å²) in [7, 11) is 0. The lowest BCUT2D eigenvalue weighted by Crippen LogP contribution is -2.37. The number of hydrogen-bond acceptors (Lipinski definition) is 5. The van der Waals surface area contributed by atoms with Gasteiger partial charge in [0.05, 0.1) is 12.5 Å². The van der Waals surface area contributed by atoms with Crippen molar-refractivity contribution < 1.29 is 19.1 Å². The zero-order valence-electron chi connectivity index (χ0n) is 11.4. The molecule has 2 rings (SSSR count). The van der Waals surface area contributed by atoms with Crippen molar-refractivity contribution in [2.24, 2.45) is 5.73 Å². The summed E-state index contributed by atoms with van der Waals surface area (Å²) in [4.78, 5) is 26.4. The Kier molecular flexibility index (Phi) is 4.34. The molecule has 0 spiro atoms. The van der Waals surface area contributed by atoms with Gasteiger partial charge in [0.25, 0.3) is 0 Å². The first-order valence-electron chi connectivity index (χ1n) is 6.26. The number of carboxylic acids is 1. The maximum atomic E-state index is 11.7. The number of carbonyl (C=O) groups excluding carboxylic acids is 1. The van der Waals surface area contributed by atoms with Crippen LogP contribution in [0.1, 0.15) is 12.3 Å². The first-order chi connectivity index (χ1) is 9.95. The molecule has 0 aliphatic rings. The van der Waals surface area contributed by atoms with Crippen LogP contribution in [0, 0.1) is 6.92 Å². The predicted molar refractivity (Wildman–Crippen MR) is 75.5 cm³/mol. The second kappa shape index (κ2) is 6.19. The van der Waals surface area contributed by atoms with Crippen molar-refractivity contribution in [3.05, 3.63) is 36.4 Å². The highest BCUT2D eigenvalue weighted by atomic mass is 16.4. The number of aliphatic carboxylic acids is 1. The Morgan fingerprint density at radius 1 is 1.38 bits per heavy atom. The minimum absolute atomic E-state index is 0.415. The molecule has 0 fully saturated rings. The van der Waals surface area contributed by atoms with E-state index < -0.39 is 24.3 Å². The van der Waals surface area contributed by atoms with Crippen LogP contribution in [0.2, 0.25) is 0 Å². The first-order valence-corrected chi connectivity index (χ1v) is 6.26. The van der Waals surface area contributed by atoms with E-state index in [1.54, 1.807) is 37.5 Å². The van der Waals surface area contributed by atoms with E-state index in [1.165, 1.54) is 0 Å². The zero-order valence-corrected chi connectivity index (χ0v) is 11.4. The summed E-state index contributed by atoms with van der Waals surface area (Å²) in [6.45, 7) is 1.75. The van der Waals surface area contributed by atoms with Crippen molar-refractivity contribution in [1.29, 1.82) is 0 Å². The molecule has 4 N–H and O–H groups in total. The van der Waals surface area contributed by atoms with Crippen molar-refractivity contribution in [2.75, 3.05) is 5.32 Å². The van der Waals surface area contributed by atoms with Crippen LogP contribution in [0.25, 0.3) is 11.3 Å². The molecule has 21 heavy (non-hydrogen) atoms. The van der Waals surface area contributed by atoms with E-state index in [0.29, 0.717) is 17.3 Å². The highest BCUT2D eigenvalue weighted by Crippen LogP contribution is 2.20. The van der Waals surface area contributed by atoms with Crippen molar-refractivity contribution in [3.8, 4) is 11.3 Å². The van der Waals surface area contributed by atoms with Crippen LogP contribution in [-0.4, -0.2) is 28.0 Å². The number of amides is 1. The third-order valence-electron chi connectivity index (χ3n) is 2.80. The smallest absolute Gasteiger partial charge is 0.305 e. The topological polar surface area (TPSA) is 118 Å². The van der Waals surface area contributed by atoms with Gasteiger partial charge in [-0.15, -0.1) is 0 Å². The number of oxazole rings is 1. The molecular weight excluding hydrogens is 274 g/mol. The Balaban J connectivity index is 2.02. The van der Waals surface area contributed by atoms with E-state index in [-0.39, 0.29) is 0 Å². The molecule has 0 bridgehead atoms. The van der Waals surface area contributed by atoms with Gasteiger partial charge >= 0.3 is 5.97 Å². The minimum atomic E-state index is -1.12. The molecule has 1 atom stereocenters. The molecule has 110 valence electrons. The molecule has 1 aromatic heterocycles. The van der Waals surface area contributed by atoms with Crippen molar-refractivity contribution >= 4 is 17.6 Å². The van der Waals surface area contributed by atoms with Crippen molar-refractivity contribution in [2.45, 2.75) is 19.4 Å². The molecule has 0 aliphatic heterocycles. The largest absolute Gasteiger partial charge is 0.481 e. The second-order valence-electron chi connectivity index (χ2n) is 4.52. The Morgan fingerprint density at radius 3 is 2.57 bits per heavy atom. The lowest BCUT2D eigenvalue weighted by molar-refractivity contribution is -0.138. The van der Waals surface area contributed by atoms with Gasteiger partial charge in [0.15, 0.2) is 5.89 Å². The van der Waals surface area contributed by atoms with E-state index in [1.807, 2.05) is 0 Å². The lowest BCUT2D eigenvalue weighted by Gasteiger charge is -2.10. The number of anilines is 1. The third-order valence-corrected chi connectivity index (χ3v) is 2.80. The number of hydrogen-bond donors (Lipinski definition) is 3. The standard InChI is InChI=1S/C14H15N3O4/c1-8-16-12(7-21-8)9-2-4-10(5-3-9)17-14(20)11(15)6-13(18)19/h2-5,7,11H,6,15H2,1H3,(H,17,20)(H,18,19). The summed E-state index contributed by atoms with van der Waals surface area (Å²) >= 11 is 0. The molecule has 1 aromatic carbocycles. The van der Waals surface area contributed by atoms with Gasteiger partial charge in [0.2, 0.25) is 5.91 Å². The number of aryl methyl sites for hydroxylation is 1. The molecule has 0 aliphatic carbocycles. The number of aromatic nitrogens is 1. The van der Waals surface area contributed by atoms with Crippen LogP contribution in [0.4, 0.5) is 5.69 Å². The zero-order chi connectivity index (χ0) is 15.4. The van der Waals surface area contributed by atoms with Crippen LogP contribution in [-0.2, 0) is 9.59 Å². The Labute approximate surface area is 120 Å². The van der Waals surface area contributed by atoms with Gasteiger partial charge in [-0.05, 0) is 12.1 Å². The van der Waals surface area contributed by atoms with Crippen LogP contribution in [0.3, 0.4) is 0 Å². The fourth-order valence-electron chi connectivity index (χ4n) is 1.74.